The lowest BCUT2D eigenvalue weighted by Crippen LogP contribution is -2.44. The molecule has 0 aliphatic heterocycles. The molecule has 1 atom stereocenters. The van der Waals surface area contributed by atoms with Gasteiger partial charge in [0.05, 0.1) is 11.1 Å². The number of H-pyrrole nitrogens is 1. The summed E-state index contributed by atoms with van der Waals surface area (Å²) in [6.45, 7) is 2.97. The van der Waals surface area contributed by atoms with Gasteiger partial charge in [-0.1, -0.05) is 31.2 Å². The van der Waals surface area contributed by atoms with Gasteiger partial charge in [0.25, 0.3) is 5.56 Å². The Balaban J connectivity index is 1.17. The zero-order valence-corrected chi connectivity index (χ0v) is 20.8. The maximum Gasteiger partial charge on any atom is 0.259 e. The molecule has 174 valence electrons. The number of hydrogen-bond donors (Lipinski definition) is 1. The van der Waals surface area contributed by atoms with Crippen molar-refractivity contribution in [2.45, 2.75) is 70.1 Å². The average Bonchev–Trinajstić information content (AvgIpc) is 3.41. The number of benzene rings is 1. The van der Waals surface area contributed by atoms with Crippen LogP contribution in [0.5, 0.6) is 0 Å². The number of aromatic nitrogens is 2. The third-order valence-electron chi connectivity index (χ3n) is 6.87. The summed E-state index contributed by atoms with van der Waals surface area (Å²) in [6, 6.07) is 8.94. The molecule has 1 amide bonds. The van der Waals surface area contributed by atoms with Crippen LogP contribution in [0.1, 0.15) is 60.0 Å². The molecule has 2 heterocycles. The molecule has 0 saturated carbocycles. The molecule has 0 saturated heterocycles. The second-order valence-electron chi connectivity index (χ2n) is 9.11. The van der Waals surface area contributed by atoms with E-state index >= 15 is 0 Å². The summed E-state index contributed by atoms with van der Waals surface area (Å²) < 4.78 is 0. The van der Waals surface area contributed by atoms with E-state index in [1.165, 1.54) is 21.6 Å². The minimum atomic E-state index is -0.00206. The zero-order valence-electron chi connectivity index (χ0n) is 19.2. The molecule has 1 N–H and O–H groups in total. The van der Waals surface area contributed by atoms with Crippen molar-refractivity contribution in [2.75, 3.05) is 12.3 Å². The third kappa shape index (κ3) is 4.76. The molecule has 5 rings (SSSR count). The first-order valence-corrected chi connectivity index (χ1v) is 14.1. The quantitative estimate of drug-likeness (QED) is 0.465. The van der Waals surface area contributed by atoms with Gasteiger partial charge in [0, 0.05) is 29.6 Å². The Hall–Kier alpha value is -2.12. The molecule has 0 fully saturated rings. The number of rotatable bonds is 8. The Kier molecular flexibility index (Phi) is 6.88. The van der Waals surface area contributed by atoms with Crippen molar-refractivity contribution in [1.29, 1.82) is 0 Å². The predicted octanol–water partition coefficient (Wildman–Crippen LogP) is 4.89. The topological polar surface area (TPSA) is 66.1 Å². The second kappa shape index (κ2) is 10.0. The Morgan fingerprint density at radius 2 is 2.09 bits per heavy atom. The first-order valence-electron chi connectivity index (χ1n) is 12.1. The van der Waals surface area contributed by atoms with Crippen LogP contribution in [0.4, 0.5) is 0 Å². The number of thioether (sulfide) groups is 1. The van der Waals surface area contributed by atoms with E-state index in [-0.39, 0.29) is 11.5 Å². The van der Waals surface area contributed by atoms with E-state index < -0.39 is 0 Å². The Morgan fingerprint density at radius 3 is 2.94 bits per heavy atom. The molecule has 33 heavy (non-hydrogen) atoms. The largest absolute Gasteiger partial charge is 0.339 e. The lowest BCUT2D eigenvalue weighted by molar-refractivity contribution is -0.133. The lowest BCUT2D eigenvalue weighted by Gasteiger charge is -2.35. The van der Waals surface area contributed by atoms with E-state index in [1.54, 1.807) is 23.1 Å². The molecule has 1 unspecified atom stereocenters. The summed E-state index contributed by atoms with van der Waals surface area (Å²) in [5.41, 5.74) is 4.04. The van der Waals surface area contributed by atoms with E-state index in [9.17, 15) is 9.59 Å². The SMILES string of the molecule is CCCN(C(=O)CCSCc1nc2sc3c(c2c(=O)[nH]1)CCC3)C1CCc2ccccc2C1. The van der Waals surface area contributed by atoms with Gasteiger partial charge in [0.15, 0.2) is 0 Å². The fourth-order valence-corrected chi connectivity index (χ4v) is 7.36. The highest BCUT2D eigenvalue weighted by Crippen LogP contribution is 2.34. The van der Waals surface area contributed by atoms with E-state index in [0.717, 1.165) is 73.3 Å². The Bertz CT molecular complexity index is 1220. The summed E-state index contributed by atoms with van der Waals surface area (Å²) in [7, 11) is 0. The van der Waals surface area contributed by atoms with Crippen molar-refractivity contribution in [3.63, 3.8) is 0 Å². The minimum Gasteiger partial charge on any atom is -0.339 e. The summed E-state index contributed by atoms with van der Waals surface area (Å²) in [5.74, 6) is 2.34. The fraction of sp³-hybridized carbons (Fsp3) is 0.500. The van der Waals surface area contributed by atoms with Gasteiger partial charge in [-0.3, -0.25) is 9.59 Å². The van der Waals surface area contributed by atoms with Crippen molar-refractivity contribution in [2.24, 2.45) is 0 Å². The van der Waals surface area contributed by atoms with Crippen LogP contribution in [0.3, 0.4) is 0 Å². The number of hydrogen-bond acceptors (Lipinski definition) is 5. The highest BCUT2D eigenvalue weighted by atomic mass is 32.2. The average molecular weight is 482 g/mol. The van der Waals surface area contributed by atoms with E-state index in [2.05, 4.69) is 41.1 Å². The van der Waals surface area contributed by atoms with Gasteiger partial charge in [0.2, 0.25) is 5.91 Å². The molecule has 7 heteroatoms. The normalized spacial score (nSPS) is 17.2. The van der Waals surface area contributed by atoms with Gasteiger partial charge in [-0.05, 0) is 61.6 Å². The molecule has 0 bridgehead atoms. The number of fused-ring (bicyclic) bond motifs is 4. The standard InChI is InChI=1S/C26H31N3O2S2/c1-2-13-29(19-11-10-17-6-3-4-7-18(17)15-19)23(30)12-14-32-16-22-27-25(31)24-20-8-5-9-21(20)33-26(24)28-22/h3-4,6-7,19H,2,5,8-16H2,1H3,(H,27,28,31). The smallest absolute Gasteiger partial charge is 0.259 e. The van der Waals surface area contributed by atoms with Crippen LogP contribution in [0.25, 0.3) is 10.2 Å². The molecule has 0 radical (unpaired) electrons. The first-order chi connectivity index (χ1) is 16.1. The Morgan fingerprint density at radius 1 is 1.24 bits per heavy atom. The second-order valence-corrected chi connectivity index (χ2v) is 11.3. The monoisotopic (exact) mass is 481 g/mol. The van der Waals surface area contributed by atoms with Crippen LogP contribution in [0, 0.1) is 0 Å². The number of aryl methyl sites for hydroxylation is 3. The minimum absolute atomic E-state index is 0.00206. The van der Waals surface area contributed by atoms with Crippen LogP contribution in [-0.2, 0) is 36.2 Å². The van der Waals surface area contributed by atoms with Crippen LogP contribution in [0.15, 0.2) is 29.1 Å². The number of nitrogens with one attached hydrogen (secondary N) is 1. The number of nitrogens with zero attached hydrogens (tertiary/aromatic N) is 2. The molecular formula is C26H31N3O2S2. The van der Waals surface area contributed by atoms with E-state index in [4.69, 9.17) is 4.98 Å². The molecule has 1 aromatic carbocycles. The maximum atomic E-state index is 13.1. The van der Waals surface area contributed by atoms with Gasteiger partial charge >= 0.3 is 0 Å². The van der Waals surface area contributed by atoms with E-state index in [0.29, 0.717) is 18.2 Å². The van der Waals surface area contributed by atoms with Crippen molar-refractivity contribution in [3.8, 4) is 0 Å². The van der Waals surface area contributed by atoms with Crippen molar-refractivity contribution in [1.82, 2.24) is 14.9 Å². The highest BCUT2D eigenvalue weighted by molar-refractivity contribution is 7.98. The highest BCUT2D eigenvalue weighted by Gasteiger charge is 2.27. The van der Waals surface area contributed by atoms with Crippen molar-refractivity contribution < 1.29 is 4.79 Å². The molecule has 5 nitrogen and oxygen atoms in total. The summed E-state index contributed by atoms with van der Waals surface area (Å²) in [5, 5.41) is 0.806. The molecule has 3 aromatic rings. The summed E-state index contributed by atoms with van der Waals surface area (Å²) in [6.07, 6.45) is 7.79. The van der Waals surface area contributed by atoms with Crippen LogP contribution in [-0.4, -0.2) is 39.1 Å². The maximum absolute atomic E-state index is 13.1. The van der Waals surface area contributed by atoms with Gasteiger partial charge in [-0.2, -0.15) is 11.8 Å². The van der Waals surface area contributed by atoms with Gasteiger partial charge < -0.3 is 9.88 Å². The van der Waals surface area contributed by atoms with Crippen LogP contribution in [0.2, 0.25) is 0 Å². The number of carbonyl (C=O) groups is 1. The van der Waals surface area contributed by atoms with Gasteiger partial charge in [-0.15, -0.1) is 11.3 Å². The predicted molar refractivity (Wildman–Crippen MR) is 137 cm³/mol. The zero-order chi connectivity index (χ0) is 22.8. The molecular weight excluding hydrogens is 450 g/mol. The summed E-state index contributed by atoms with van der Waals surface area (Å²) >= 11 is 3.36. The first kappa shape index (κ1) is 22.7. The number of aromatic amines is 1. The molecule has 2 aliphatic carbocycles. The molecule has 2 aromatic heterocycles. The van der Waals surface area contributed by atoms with Gasteiger partial charge in [-0.25, -0.2) is 4.98 Å². The number of thiophene rings is 1. The van der Waals surface area contributed by atoms with Crippen LogP contribution < -0.4 is 5.56 Å². The van der Waals surface area contributed by atoms with Crippen molar-refractivity contribution in [3.05, 3.63) is 62.0 Å². The lowest BCUT2D eigenvalue weighted by atomic mass is 9.87. The van der Waals surface area contributed by atoms with Gasteiger partial charge in [0.1, 0.15) is 10.7 Å². The molecule has 0 spiro atoms. The fourth-order valence-electron chi connectivity index (χ4n) is 5.28. The number of amides is 1. The van der Waals surface area contributed by atoms with Crippen LogP contribution >= 0.6 is 23.1 Å². The van der Waals surface area contributed by atoms with Crippen molar-refractivity contribution >= 4 is 39.2 Å². The third-order valence-corrected chi connectivity index (χ3v) is 9.03. The van der Waals surface area contributed by atoms with E-state index in [1.807, 2.05) is 0 Å². The number of carbonyl (C=O) groups excluding carboxylic acids is 1. The Labute approximate surface area is 203 Å². The summed E-state index contributed by atoms with van der Waals surface area (Å²) in [4.78, 5) is 37.8. The molecule has 2 aliphatic rings.